The quantitative estimate of drug-likeness (QED) is 0.765. The Morgan fingerprint density at radius 2 is 1.96 bits per heavy atom. The van der Waals surface area contributed by atoms with Crippen LogP contribution in [0.2, 0.25) is 0 Å². The van der Waals surface area contributed by atoms with Gasteiger partial charge in [-0.15, -0.1) is 0 Å². The molecule has 4 rings (SSSR count). The van der Waals surface area contributed by atoms with Crippen molar-refractivity contribution in [2.75, 3.05) is 0 Å². The molecule has 25 heavy (non-hydrogen) atoms. The summed E-state index contributed by atoms with van der Waals surface area (Å²) < 4.78 is 1.99. The summed E-state index contributed by atoms with van der Waals surface area (Å²) in [4.78, 5) is 31.4. The first-order valence-electron chi connectivity index (χ1n) is 8.50. The van der Waals surface area contributed by atoms with Crippen molar-refractivity contribution in [3.8, 4) is 0 Å². The highest BCUT2D eigenvalue weighted by Crippen LogP contribution is 2.27. The van der Waals surface area contributed by atoms with Gasteiger partial charge in [0, 0.05) is 18.4 Å². The first-order valence-corrected chi connectivity index (χ1v) is 8.50. The summed E-state index contributed by atoms with van der Waals surface area (Å²) in [5.74, 6) is -0.261. The van der Waals surface area contributed by atoms with Gasteiger partial charge in [-0.25, -0.2) is 4.98 Å². The highest BCUT2D eigenvalue weighted by molar-refractivity contribution is 5.92. The Morgan fingerprint density at radius 1 is 1.16 bits per heavy atom. The van der Waals surface area contributed by atoms with Crippen LogP contribution in [-0.2, 0) is 0 Å². The summed E-state index contributed by atoms with van der Waals surface area (Å²) >= 11 is 0. The van der Waals surface area contributed by atoms with Gasteiger partial charge in [0.1, 0.15) is 0 Å². The minimum absolute atomic E-state index is 0.0675. The summed E-state index contributed by atoms with van der Waals surface area (Å²) in [5, 5.41) is 7.77. The number of nitrogens with one attached hydrogen (secondary N) is 2. The maximum Gasteiger partial charge on any atom is 0.287 e. The number of amides is 1. The fourth-order valence-corrected chi connectivity index (χ4v) is 3.43. The molecule has 0 unspecified atom stereocenters. The summed E-state index contributed by atoms with van der Waals surface area (Å²) in [6.45, 7) is 0. The lowest BCUT2D eigenvalue weighted by Crippen LogP contribution is -2.39. The van der Waals surface area contributed by atoms with Gasteiger partial charge in [-0.3, -0.25) is 14.3 Å². The minimum Gasteiger partial charge on any atom is -0.347 e. The highest BCUT2D eigenvalue weighted by atomic mass is 16.2. The molecule has 2 aromatic heterocycles. The van der Waals surface area contributed by atoms with E-state index in [1.807, 2.05) is 16.9 Å². The van der Waals surface area contributed by atoms with Crippen molar-refractivity contribution in [1.29, 1.82) is 0 Å². The van der Waals surface area contributed by atoms with E-state index in [0.29, 0.717) is 16.9 Å². The van der Waals surface area contributed by atoms with E-state index in [1.54, 1.807) is 30.5 Å². The third kappa shape index (κ3) is 3.17. The van der Waals surface area contributed by atoms with Gasteiger partial charge in [0.2, 0.25) is 0 Å². The molecule has 1 aliphatic carbocycles. The first kappa shape index (κ1) is 15.6. The van der Waals surface area contributed by atoms with E-state index in [9.17, 15) is 9.59 Å². The van der Waals surface area contributed by atoms with Crippen LogP contribution in [0.15, 0.2) is 47.5 Å². The van der Waals surface area contributed by atoms with Crippen molar-refractivity contribution in [2.24, 2.45) is 0 Å². The number of aromatic nitrogens is 4. The number of hydrogen-bond donors (Lipinski definition) is 2. The van der Waals surface area contributed by atoms with Crippen molar-refractivity contribution in [1.82, 2.24) is 25.1 Å². The predicted octanol–water partition coefficient (Wildman–Crippen LogP) is 2.03. The zero-order chi connectivity index (χ0) is 17.2. The van der Waals surface area contributed by atoms with Crippen LogP contribution in [0, 0.1) is 0 Å². The van der Waals surface area contributed by atoms with Gasteiger partial charge >= 0.3 is 0 Å². The molecule has 1 fully saturated rings. The highest BCUT2D eigenvalue weighted by Gasteiger charge is 2.24. The van der Waals surface area contributed by atoms with Gasteiger partial charge in [-0.05, 0) is 43.9 Å². The smallest absolute Gasteiger partial charge is 0.287 e. The van der Waals surface area contributed by atoms with Crippen molar-refractivity contribution in [3.05, 3.63) is 58.9 Å². The van der Waals surface area contributed by atoms with E-state index >= 15 is 0 Å². The first-order chi connectivity index (χ1) is 12.2. The lowest BCUT2D eigenvalue weighted by atomic mass is 9.91. The molecular formula is C18H19N5O2. The van der Waals surface area contributed by atoms with Gasteiger partial charge in [0.05, 0.1) is 16.9 Å². The second-order valence-corrected chi connectivity index (χ2v) is 6.40. The number of H-pyrrole nitrogens is 1. The summed E-state index contributed by atoms with van der Waals surface area (Å²) in [7, 11) is 0. The van der Waals surface area contributed by atoms with Crippen molar-refractivity contribution in [3.63, 3.8) is 0 Å². The van der Waals surface area contributed by atoms with Gasteiger partial charge < -0.3 is 10.3 Å². The van der Waals surface area contributed by atoms with Crippen LogP contribution in [0.4, 0.5) is 0 Å². The second kappa shape index (κ2) is 6.51. The lowest BCUT2D eigenvalue weighted by molar-refractivity contribution is 0.0911. The Balaban J connectivity index is 1.43. The van der Waals surface area contributed by atoms with Crippen LogP contribution in [0.1, 0.15) is 42.3 Å². The average molecular weight is 337 g/mol. The van der Waals surface area contributed by atoms with Gasteiger partial charge in [-0.2, -0.15) is 5.10 Å². The Hall–Kier alpha value is -2.96. The normalized spacial score (nSPS) is 20.5. The van der Waals surface area contributed by atoms with E-state index < -0.39 is 0 Å². The molecule has 0 atom stereocenters. The summed E-state index contributed by atoms with van der Waals surface area (Å²) in [6.07, 6.45) is 7.47. The van der Waals surface area contributed by atoms with Gasteiger partial charge in [0.25, 0.3) is 11.5 Å². The monoisotopic (exact) mass is 337 g/mol. The number of aromatic amines is 1. The molecule has 1 aromatic carbocycles. The zero-order valence-corrected chi connectivity index (χ0v) is 13.7. The third-order valence-corrected chi connectivity index (χ3v) is 4.76. The molecular weight excluding hydrogens is 318 g/mol. The molecule has 1 saturated carbocycles. The number of benzene rings is 1. The largest absolute Gasteiger partial charge is 0.347 e. The fraction of sp³-hybridized carbons (Fsp3) is 0.333. The number of carbonyl (C=O) groups is 1. The molecule has 2 heterocycles. The SMILES string of the molecule is O=C(NC1CCC(n2cccn2)CC1)c1nc2ccccc2c(=O)[nH]1. The summed E-state index contributed by atoms with van der Waals surface area (Å²) in [6, 6.07) is 9.41. The number of nitrogens with zero attached hydrogens (tertiary/aromatic N) is 3. The fourth-order valence-electron chi connectivity index (χ4n) is 3.43. The summed E-state index contributed by atoms with van der Waals surface area (Å²) in [5.41, 5.74) is 0.233. The number of rotatable bonds is 3. The van der Waals surface area contributed by atoms with Crippen LogP contribution in [0.3, 0.4) is 0 Å². The number of fused-ring (bicyclic) bond motifs is 1. The van der Waals surface area contributed by atoms with Gasteiger partial charge in [-0.1, -0.05) is 12.1 Å². The van der Waals surface area contributed by atoms with E-state index in [1.165, 1.54) is 0 Å². The maximum atomic E-state index is 12.5. The molecule has 0 aliphatic heterocycles. The lowest BCUT2D eigenvalue weighted by Gasteiger charge is -2.29. The van der Waals surface area contributed by atoms with Crippen molar-refractivity contribution < 1.29 is 4.79 Å². The van der Waals surface area contributed by atoms with E-state index in [2.05, 4.69) is 20.4 Å². The molecule has 7 nitrogen and oxygen atoms in total. The van der Waals surface area contributed by atoms with Crippen LogP contribution < -0.4 is 10.9 Å². The molecule has 2 N–H and O–H groups in total. The maximum absolute atomic E-state index is 12.5. The van der Waals surface area contributed by atoms with E-state index in [-0.39, 0.29) is 23.3 Å². The van der Waals surface area contributed by atoms with Crippen LogP contribution in [-0.4, -0.2) is 31.7 Å². The Bertz CT molecular complexity index is 940. The van der Waals surface area contributed by atoms with E-state index in [4.69, 9.17) is 0 Å². The molecule has 0 saturated heterocycles. The Labute approximate surface area is 144 Å². The molecule has 1 aliphatic rings. The molecule has 0 radical (unpaired) electrons. The van der Waals surface area contributed by atoms with Crippen LogP contribution in [0.25, 0.3) is 10.9 Å². The molecule has 7 heteroatoms. The van der Waals surface area contributed by atoms with E-state index in [0.717, 1.165) is 25.7 Å². The number of carbonyl (C=O) groups excluding carboxylic acids is 1. The average Bonchev–Trinajstić information content (AvgIpc) is 3.17. The molecule has 0 bridgehead atoms. The second-order valence-electron chi connectivity index (χ2n) is 6.40. The third-order valence-electron chi connectivity index (χ3n) is 4.76. The topological polar surface area (TPSA) is 92.7 Å². The van der Waals surface area contributed by atoms with Crippen molar-refractivity contribution >= 4 is 16.8 Å². The minimum atomic E-state index is -0.328. The molecule has 128 valence electrons. The Kier molecular flexibility index (Phi) is 4.05. The van der Waals surface area contributed by atoms with Gasteiger partial charge in [0.15, 0.2) is 5.82 Å². The Morgan fingerprint density at radius 3 is 2.72 bits per heavy atom. The predicted molar refractivity (Wildman–Crippen MR) is 93.3 cm³/mol. The molecule has 3 aromatic rings. The zero-order valence-electron chi connectivity index (χ0n) is 13.7. The van der Waals surface area contributed by atoms with Crippen molar-refractivity contribution in [2.45, 2.75) is 37.8 Å². The molecule has 0 spiro atoms. The number of para-hydroxylation sites is 1. The molecule has 1 amide bonds. The standard InChI is InChI=1S/C18H19N5O2/c24-17-14-4-1-2-5-15(14)21-16(22-17)18(25)20-12-6-8-13(9-7-12)23-11-3-10-19-23/h1-5,10-13H,6-9H2,(H,20,25)(H,21,22,24). The number of hydrogen-bond acceptors (Lipinski definition) is 4. The van der Waals surface area contributed by atoms with Crippen LogP contribution in [0.5, 0.6) is 0 Å². The van der Waals surface area contributed by atoms with Crippen LogP contribution >= 0.6 is 0 Å².